The minimum Gasteiger partial charge on any atom is -0.541 e. The van der Waals surface area contributed by atoms with Gasteiger partial charge in [-0.2, -0.15) is 0 Å². The maximum absolute atomic E-state index is 14.1. The Morgan fingerprint density at radius 1 is 0.951 bits per heavy atom. The number of nitrogens with one attached hydrogen (secondary N) is 1. The first-order valence-electron chi connectivity index (χ1n) is 22.3. The lowest BCUT2D eigenvalue weighted by Crippen LogP contribution is -2.56. The number of amides is 1. The number of nitrogens with zero attached hydrogens (tertiary/aromatic N) is 2. The molecule has 1 aliphatic heterocycles. The maximum atomic E-state index is 14.1. The summed E-state index contributed by atoms with van der Waals surface area (Å²) in [7, 11) is -0.810. The molecular weight excluding hydrogens is 799 g/mol. The Balaban J connectivity index is 1.39. The molecule has 61 heavy (non-hydrogen) atoms. The van der Waals surface area contributed by atoms with Gasteiger partial charge in [0.2, 0.25) is 0 Å². The zero-order valence-corrected chi connectivity index (χ0v) is 41.3. The monoisotopic (exact) mass is 871 g/mol. The third-order valence-corrected chi connectivity index (χ3v) is 23.6. The van der Waals surface area contributed by atoms with Gasteiger partial charge in [0.1, 0.15) is 24.1 Å². The number of morpholine rings is 1. The maximum Gasteiger partial charge on any atom is 0.407 e. The van der Waals surface area contributed by atoms with Gasteiger partial charge in [-0.05, 0) is 90.3 Å². The van der Waals surface area contributed by atoms with E-state index in [0.717, 1.165) is 59.3 Å². The van der Waals surface area contributed by atoms with Gasteiger partial charge in [0, 0.05) is 43.2 Å². The first-order valence-corrected chi connectivity index (χ1v) is 27.7. The van der Waals surface area contributed by atoms with Crippen LogP contribution in [0.1, 0.15) is 95.9 Å². The number of benzene rings is 3. The lowest BCUT2D eigenvalue weighted by molar-refractivity contribution is -0.0459. The van der Waals surface area contributed by atoms with E-state index in [0.29, 0.717) is 54.4 Å². The predicted molar refractivity (Wildman–Crippen MR) is 251 cm³/mol. The SMILES string of the molecule is [C-]#[N+][C@H](C(Cc1cc(O[Si](C)(C)C(C)(C)C)c(OC)c(C)c1OC)NC(=O)OCC1c2ccccc2-c2ccccc21)N1CCO[C@@H](CCCCO[Si](C)(C(C)C)C(C)C)C1. The molecule has 1 heterocycles. The van der Waals surface area contributed by atoms with Crippen molar-refractivity contribution in [2.24, 2.45) is 0 Å². The quantitative estimate of drug-likeness (QED) is 0.0723. The Morgan fingerprint density at radius 3 is 2.11 bits per heavy atom. The summed E-state index contributed by atoms with van der Waals surface area (Å²) in [5, 5.41) is 3.14. The molecule has 5 rings (SSSR count). The Morgan fingerprint density at radius 2 is 1.56 bits per heavy atom. The van der Waals surface area contributed by atoms with E-state index in [1.165, 1.54) is 0 Å². The summed E-state index contributed by atoms with van der Waals surface area (Å²) in [5.74, 6) is 1.81. The summed E-state index contributed by atoms with van der Waals surface area (Å²) < 4.78 is 37.9. The average molecular weight is 872 g/mol. The number of carbonyl (C=O) groups excluding carboxylic acids is 1. The van der Waals surface area contributed by atoms with Crippen molar-refractivity contribution in [3.8, 4) is 28.4 Å². The normalized spacial score (nSPS) is 17.0. The van der Waals surface area contributed by atoms with E-state index >= 15 is 0 Å². The van der Waals surface area contributed by atoms with Gasteiger partial charge < -0.3 is 33.1 Å². The molecule has 3 atom stereocenters. The first kappa shape index (κ1) is 48.2. The van der Waals surface area contributed by atoms with E-state index in [1.807, 2.05) is 37.3 Å². The van der Waals surface area contributed by atoms with E-state index in [9.17, 15) is 4.79 Å². The zero-order chi connectivity index (χ0) is 44.7. The average Bonchev–Trinajstić information content (AvgIpc) is 3.53. The van der Waals surface area contributed by atoms with Gasteiger partial charge in [-0.1, -0.05) is 97.0 Å². The highest BCUT2D eigenvalue weighted by atomic mass is 28.4. The van der Waals surface area contributed by atoms with Crippen molar-refractivity contribution in [3.63, 3.8) is 0 Å². The molecule has 12 heteroatoms. The number of fused-ring (bicyclic) bond motifs is 3. The summed E-state index contributed by atoms with van der Waals surface area (Å²) in [6.45, 7) is 35.7. The lowest BCUT2D eigenvalue weighted by atomic mass is 9.98. The minimum atomic E-state index is -2.29. The standard InChI is InChI=1S/C49H73N3O7Si2/c1-33(2)61(14,34(3)4)58-27-20-19-21-37-31-52(26-28-56-37)47(50-9)43(29-36-30-44(59-60(12,13)49(6,7)8)46(55-11)35(5)45(36)54-10)51-48(53)57-32-42-40-24-17-15-22-38(40)39-23-16-18-25-41(39)42/h15-18,22-25,30,33-34,37,42-43,47H,19-21,26-29,31-32H2,1-8,10-14H3,(H,51,53)/t37-,43?,47-/m0/s1. The van der Waals surface area contributed by atoms with Gasteiger partial charge in [-0.3, -0.25) is 4.85 Å². The second-order valence-electron chi connectivity index (χ2n) is 19.2. The van der Waals surface area contributed by atoms with E-state index in [1.54, 1.807) is 14.2 Å². The molecule has 0 bridgehead atoms. The number of unbranched alkanes of at least 4 members (excludes halogenated alkanes) is 1. The number of rotatable bonds is 19. The van der Waals surface area contributed by atoms with E-state index in [-0.39, 0.29) is 23.7 Å². The Labute approximate surface area is 369 Å². The number of alkyl carbamates (subject to hydrolysis) is 1. The second kappa shape index (κ2) is 20.5. The molecule has 1 N–H and O–H groups in total. The summed E-state index contributed by atoms with van der Waals surface area (Å²) in [4.78, 5) is 20.5. The van der Waals surface area contributed by atoms with Crippen molar-refractivity contribution < 1.29 is 32.6 Å². The number of methoxy groups -OCH3 is 2. The number of ether oxygens (including phenoxy) is 4. The molecule has 1 saturated heterocycles. The Kier molecular flexibility index (Phi) is 16.2. The number of carbonyl (C=O) groups is 1. The van der Waals surface area contributed by atoms with E-state index < -0.39 is 34.9 Å². The summed E-state index contributed by atoms with van der Waals surface area (Å²) >= 11 is 0. The third-order valence-electron chi connectivity index (χ3n) is 13.8. The highest BCUT2D eigenvalue weighted by Crippen LogP contribution is 2.46. The second-order valence-corrected chi connectivity index (χ2v) is 28.9. The van der Waals surface area contributed by atoms with E-state index in [4.69, 9.17) is 34.4 Å². The van der Waals surface area contributed by atoms with Crippen molar-refractivity contribution >= 4 is 22.7 Å². The van der Waals surface area contributed by atoms with Crippen LogP contribution in [-0.4, -0.2) is 93.1 Å². The Bertz CT molecular complexity index is 1940. The fraction of sp³-hybridized carbons (Fsp3) is 0.592. The topological polar surface area (TPSA) is 92.1 Å². The smallest absolute Gasteiger partial charge is 0.407 e. The van der Waals surface area contributed by atoms with Crippen LogP contribution in [0.25, 0.3) is 16.0 Å². The van der Waals surface area contributed by atoms with Crippen LogP contribution >= 0.6 is 0 Å². The van der Waals surface area contributed by atoms with Gasteiger partial charge in [0.15, 0.2) is 14.1 Å². The van der Waals surface area contributed by atoms with Crippen LogP contribution in [0.2, 0.25) is 35.8 Å². The molecule has 0 aromatic heterocycles. The first-order chi connectivity index (χ1) is 28.9. The Hall–Kier alpha value is -3.87. The van der Waals surface area contributed by atoms with Crippen molar-refractivity contribution in [3.05, 3.63) is 88.3 Å². The van der Waals surface area contributed by atoms with Gasteiger partial charge >= 0.3 is 6.09 Å². The van der Waals surface area contributed by atoms with Gasteiger partial charge in [0.05, 0.1) is 26.9 Å². The van der Waals surface area contributed by atoms with Gasteiger partial charge in [0.25, 0.3) is 14.5 Å². The highest BCUT2D eigenvalue weighted by molar-refractivity contribution is 6.75. The van der Waals surface area contributed by atoms with Crippen molar-refractivity contribution in [2.75, 3.05) is 47.1 Å². The minimum absolute atomic E-state index is 0.0331. The third kappa shape index (κ3) is 11.0. The van der Waals surface area contributed by atoms with Gasteiger partial charge in [-0.15, -0.1) is 0 Å². The molecule has 0 radical (unpaired) electrons. The van der Waals surface area contributed by atoms with Crippen LogP contribution in [0.5, 0.6) is 17.2 Å². The molecule has 1 unspecified atom stereocenters. The molecule has 1 fully saturated rings. The fourth-order valence-electron chi connectivity index (χ4n) is 8.62. The molecule has 3 aromatic carbocycles. The molecule has 2 aliphatic rings. The van der Waals surface area contributed by atoms with Crippen molar-refractivity contribution in [2.45, 2.75) is 141 Å². The largest absolute Gasteiger partial charge is 0.541 e. The molecule has 1 aliphatic carbocycles. The van der Waals surface area contributed by atoms with Crippen LogP contribution in [0, 0.1) is 13.5 Å². The summed E-state index contributed by atoms with van der Waals surface area (Å²) in [6.07, 6.45) is 1.82. The number of hydrogen-bond acceptors (Lipinski definition) is 8. The molecule has 0 saturated carbocycles. The van der Waals surface area contributed by atoms with Crippen LogP contribution in [0.4, 0.5) is 4.79 Å². The molecule has 3 aromatic rings. The van der Waals surface area contributed by atoms with Crippen LogP contribution < -0.4 is 19.2 Å². The zero-order valence-electron chi connectivity index (χ0n) is 39.3. The summed E-state index contributed by atoms with van der Waals surface area (Å²) in [5.41, 5.74) is 7.34. The van der Waals surface area contributed by atoms with Crippen molar-refractivity contribution in [1.82, 2.24) is 10.2 Å². The molecule has 10 nitrogen and oxygen atoms in total. The van der Waals surface area contributed by atoms with Gasteiger partial charge in [-0.25, -0.2) is 16.3 Å². The van der Waals surface area contributed by atoms with Crippen molar-refractivity contribution in [1.29, 1.82) is 0 Å². The van der Waals surface area contributed by atoms with Crippen LogP contribution in [0.15, 0.2) is 54.6 Å². The fourth-order valence-corrected chi connectivity index (χ4v) is 12.2. The van der Waals surface area contributed by atoms with E-state index in [2.05, 4.69) is 107 Å². The molecule has 334 valence electrons. The molecule has 0 spiro atoms. The van der Waals surface area contributed by atoms with Crippen LogP contribution in [0.3, 0.4) is 0 Å². The van der Waals surface area contributed by atoms with Crippen LogP contribution in [-0.2, 0) is 20.3 Å². The highest BCUT2D eigenvalue weighted by Gasteiger charge is 2.42. The summed E-state index contributed by atoms with van der Waals surface area (Å²) in [6, 6.07) is 17.9. The lowest BCUT2D eigenvalue weighted by Gasteiger charge is -2.37. The molecule has 1 amide bonds. The molecular formula is C49H73N3O7Si2. The predicted octanol–water partition coefficient (Wildman–Crippen LogP) is 11.4. The number of hydrogen-bond donors (Lipinski definition) is 1.